The summed E-state index contributed by atoms with van der Waals surface area (Å²) in [6.45, 7) is 3.30. The maximum absolute atomic E-state index is 12.9. The standard InChI is InChI=1S/C20H20F3N3O2/c1-11-8-15(10-17(24-11)26-18(27)13-6-7-13)19(28)25-12(2)14-4-3-5-16(9-14)20(21,22)23/h3-5,8-10,12-13H,6-7H2,1-2H3,(H,25,28)(H,24,26,27). The number of carbonyl (C=O) groups excluding carboxylic acids is 2. The second-order valence-electron chi connectivity index (χ2n) is 6.96. The van der Waals surface area contributed by atoms with Crippen LogP contribution in [0.2, 0.25) is 0 Å². The molecule has 1 aromatic carbocycles. The molecule has 1 aromatic heterocycles. The van der Waals surface area contributed by atoms with E-state index in [1.165, 1.54) is 18.2 Å². The van der Waals surface area contributed by atoms with Crippen molar-refractivity contribution in [3.63, 3.8) is 0 Å². The molecule has 1 atom stereocenters. The number of benzene rings is 1. The molecule has 1 aliphatic rings. The van der Waals surface area contributed by atoms with E-state index < -0.39 is 23.7 Å². The van der Waals surface area contributed by atoms with Gasteiger partial charge in [-0.2, -0.15) is 13.2 Å². The fourth-order valence-corrected chi connectivity index (χ4v) is 2.79. The number of aromatic nitrogens is 1. The van der Waals surface area contributed by atoms with Gasteiger partial charge < -0.3 is 10.6 Å². The third kappa shape index (κ3) is 4.88. The molecule has 3 rings (SSSR count). The molecule has 0 saturated heterocycles. The van der Waals surface area contributed by atoms with Crippen LogP contribution in [0.3, 0.4) is 0 Å². The average Bonchev–Trinajstić information content (AvgIpc) is 3.45. The predicted molar refractivity (Wildman–Crippen MR) is 97.7 cm³/mol. The van der Waals surface area contributed by atoms with E-state index in [4.69, 9.17) is 0 Å². The van der Waals surface area contributed by atoms with Crippen molar-refractivity contribution >= 4 is 17.6 Å². The minimum Gasteiger partial charge on any atom is -0.346 e. The van der Waals surface area contributed by atoms with Crippen LogP contribution in [-0.4, -0.2) is 16.8 Å². The number of hydrogen-bond donors (Lipinski definition) is 2. The molecular weight excluding hydrogens is 371 g/mol. The summed E-state index contributed by atoms with van der Waals surface area (Å²) in [5.74, 6) is -0.298. The lowest BCUT2D eigenvalue weighted by Gasteiger charge is -2.17. The molecule has 2 N–H and O–H groups in total. The number of nitrogens with one attached hydrogen (secondary N) is 2. The van der Waals surface area contributed by atoms with E-state index in [2.05, 4.69) is 15.6 Å². The quantitative estimate of drug-likeness (QED) is 0.801. The highest BCUT2D eigenvalue weighted by Gasteiger charge is 2.31. The third-order valence-corrected chi connectivity index (χ3v) is 4.48. The van der Waals surface area contributed by atoms with Crippen LogP contribution in [0.25, 0.3) is 0 Å². The van der Waals surface area contributed by atoms with Gasteiger partial charge in [-0.15, -0.1) is 0 Å². The summed E-state index contributed by atoms with van der Waals surface area (Å²) in [4.78, 5) is 28.7. The molecule has 1 unspecified atom stereocenters. The Morgan fingerprint density at radius 2 is 1.89 bits per heavy atom. The molecule has 0 radical (unpaired) electrons. The van der Waals surface area contributed by atoms with Crippen molar-refractivity contribution in [2.45, 2.75) is 38.9 Å². The van der Waals surface area contributed by atoms with Gasteiger partial charge in [0.2, 0.25) is 5.91 Å². The van der Waals surface area contributed by atoms with Crippen molar-refractivity contribution in [2.24, 2.45) is 5.92 Å². The molecular formula is C20H20F3N3O2. The molecule has 28 heavy (non-hydrogen) atoms. The van der Waals surface area contributed by atoms with Crippen LogP contribution in [0.5, 0.6) is 0 Å². The first kappa shape index (κ1) is 19.9. The van der Waals surface area contributed by atoms with Crippen LogP contribution in [0.4, 0.5) is 19.0 Å². The molecule has 148 valence electrons. The van der Waals surface area contributed by atoms with Gasteiger partial charge in [0, 0.05) is 17.2 Å². The summed E-state index contributed by atoms with van der Waals surface area (Å²) in [5.41, 5.74) is 0.398. The highest BCUT2D eigenvalue weighted by molar-refractivity contribution is 5.97. The lowest BCUT2D eigenvalue weighted by molar-refractivity contribution is -0.137. The van der Waals surface area contributed by atoms with Gasteiger partial charge >= 0.3 is 6.18 Å². The Morgan fingerprint density at radius 3 is 2.54 bits per heavy atom. The smallest absolute Gasteiger partial charge is 0.346 e. The lowest BCUT2D eigenvalue weighted by atomic mass is 10.0. The summed E-state index contributed by atoms with van der Waals surface area (Å²) < 4.78 is 38.7. The van der Waals surface area contributed by atoms with Crippen LogP contribution in [0, 0.1) is 12.8 Å². The summed E-state index contributed by atoms with van der Waals surface area (Å²) in [6.07, 6.45) is -2.75. The van der Waals surface area contributed by atoms with Crippen LogP contribution in [0.15, 0.2) is 36.4 Å². The van der Waals surface area contributed by atoms with Gasteiger partial charge in [0.1, 0.15) is 5.82 Å². The molecule has 2 aromatic rings. The molecule has 1 heterocycles. The minimum absolute atomic E-state index is 0.000482. The van der Waals surface area contributed by atoms with E-state index in [-0.39, 0.29) is 23.2 Å². The first-order chi connectivity index (χ1) is 13.1. The highest BCUT2D eigenvalue weighted by atomic mass is 19.4. The number of amides is 2. The Labute approximate surface area is 160 Å². The number of nitrogens with zero attached hydrogens (tertiary/aromatic N) is 1. The maximum Gasteiger partial charge on any atom is 0.416 e. The maximum atomic E-state index is 12.9. The van der Waals surface area contributed by atoms with E-state index in [0.717, 1.165) is 25.0 Å². The Bertz CT molecular complexity index is 908. The summed E-state index contributed by atoms with van der Waals surface area (Å²) in [6, 6.07) is 7.22. The Hall–Kier alpha value is -2.90. The Balaban J connectivity index is 1.73. The first-order valence-corrected chi connectivity index (χ1v) is 8.91. The number of aryl methyl sites for hydroxylation is 1. The van der Waals surface area contributed by atoms with Crippen LogP contribution in [-0.2, 0) is 11.0 Å². The molecule has 1 fully saturated rings. The summed E-state index contributed by atoms with van der Waals surface area (Å²) >= 11 is 0. The van der Waals surface area contributed by atoms with Gasteiger partial charge in [0.25, 0.3) is 5.91 Å². The Kier molecular flexibility index (Phi) is 5.40. The monoisotopic (exact) mass is 391 g/mol. The van der Waals surface area contributed by atoms with Crippen molar-refractivity contribution in [1.82, 2.24) is 10.3 Å². The van der Waals surface area contributed by atoms with Crippen molar-refractivity contribution in [3.05, 3.63) is 58.8 Å². The zero-order chi connectivity index (χ0) is 20.5. The SMILES string of the molecule is Cc1cc(C(=O)NC(C)c2cccc(C(F)(F)F)c2)cc(NC(=O)C2CC2)n1. The summed E-state index contributed by atoms with van der Waals surface area (Å²) in [5, 5.41) is 5.38. The van der Waals surface area contributed by atoms with Crippen molar-refractivity contribution in [2.75, 3.05) is 5.32 Å². The number of anilines is 1. The second kappa shape index (κ2) is 7.61. The van der Waals surface area contributed by atoms with Crippen molar-refractivity contribution in [1.29, 1.82) is 0 Å². The predicted octanol–water partition coefficient (Wildman–Crippen LogP) is 4.25. The highest BCUT2D eigenvalue weighted by Crippen LogP contribution is 2.31. The molecule has 0 spiro atoms. The fraction of sp³-hybridized carbons (Fsp3) is 0.350. The van der Waals surface area contributed by atoms with Crippen molar-refractivity contribution in [3.8, 4) is 0 Å². The first-order valence-electron chi connectivity index (χ1n) is 8.91. The van der Waals surface area contributed by atoms with Gasteiger partial charge in [-0.05, 0) is 56.5 Å². The van der Waals surface area contributed by atoms with Crippen LogP contribution >= 0.6 is 0 Å². The molecule has 8 heteroatoms. The van der Waals surface area contributed by atoms with Crippen molar-refractivity contribution < 1.29 is 22.8 Å². The second-order valence-corrected chi connectivity index (χ2v) is 6.96. The van der Waals surface area contributed by atoms with E-state index in [1.807, 2.05) is 0 Å². The number of alkyl halides is 3. The van der Waals surface area contributed by atoms with E-state index in [1.54, 1.807) is 19.9 Å². The van der Waals surface area contributed by atoms with E-state index in [9.17, 15) is 22.8 Å². The van der Waals surface area contributed by atoms with E-state index >= 15 is 0 Å². The molecule has 0 aliphatic heterocycles. The van der Waals surface area contributed by atoms with Gasteiger partial charge in [-0.25, -0.2) is 4.98 Å². The molecule has 5 nitrogen and oxygen atoms in total. The van der Waals surface area contributed by atoms with E-state index in [0.29, 0.717) is 11.3 Å². The number of halogens is 3. The summed E-state index contributed by atoms with van der Waals surface area (Å²) in [7, 11) is 0. The van der Waals surface area contributed by atoms with Gasteiger partial charge in [-0.3, -0.25) is 9.59 Å². The third-order valence-electron chi connectivity index (χ3n) is 4.48. The molecule has 1 saturated carbocycles. The number of rotatable bonds is 5. The van der Waals surface area contributed by atoms with Crippen LogP contribution in [0.1, 0.15) is 53.0 Å². The number of carbonyl (C=O) groups is 2. The minimum atomic E-state index is -4.45. The van der Waals surface area contributed by atoms with Gasteiger partial charge in [0.15, 0.2) is 0 Å². The lowest BCUT2D eigenvalue weighted by Crippen LogP contribution is -2.27. The average molecular weight is 391 g/mol. The largest absolute Gasteiger partial charge is 0.416 e. The molecule has 1 aliphatic carbocycles. The topological polar surface area (TPSA) is 71.1 Å². The number of hydrogen-bond acceptors (Lipinski definition) is 3. The zero-order valence-corrected chi connectivity index (χ0v) is 15.4. The molecule has 2 amide bonds. The normalized spacial score (nSPS) is 15.0. The Morgan fingerprint density at radius 1 is 1.18 bits per heavy atom. The van der Waals surface area contributed by atoms with Gasteiger partial charge in [0.05, 0.1) is 11.6 Å². The zero-order valence-electron chi connectivity index (χ0n) is 15.4. The van der Waals surface area contributed by atoms with Gasteiger partial charge in [-0.1, -0.05) is 12.1 Å². The molecule has 0 bridgehead atoms. The number of pyridine rings is 1. The fourth-order valence-electron chi connectivity index (χ4n) is 2.79. The van der Waals surface area contributed by atoms with Crippen LogP contribution < -0.4 is 10.6 Å².